The topological polar surface area (TPSA) is 122 Å². The number of hydrogen-bond acceptors (Lipinski definition) is 8. The number of thiocarbonyl (C=S) groups is 1. The molecule has 1 amide bonds. The molecule has 0 bridgehead atoms. The molecular weight excluding hydrogens is 458 g/mol. The summed E-state index contributed by atoms with van der Waals surface area (Å²) in [5.41, 5.74) is 0.510. The number of hydrogen-bond donors (Lipinski definition) is 3. The van der Waals surface area contributed by atoms with Crippen molar-refractivity contribution in [3.05, 3.63) is 64.9 Å². The fraction of sp³-hybridized carbons (Fsp3) is 0.0526. The lowest BCUT2D eigenvalue weighted by Gasteiger charge is -2.10. The predicted octanol–water partition coefficient (Wildman–Crippen LogP) is 2.87. The van der Waals surface area contributed by atoms with E-state index in [1.807, 2.05) is 17.5 Å². The van der Waals surface area contributed by atoms with Crippen molar-refractivity contribution in [2.24, 2.45) is 0 Å². The third-order valence-electron chi connectivity index (χ3n) is 3.69. The van der Waals surface area contributed by atoms with Crippen molar-refractivity contribution in [2.75, 3.05) is 17.1 Å². The van der Waals surface area contributed by atoms with E-state index in [1.165, 1.54) is 60.9 Å². The Morgan fingerprint density at radius 2 is 1.90 bits per heavy atom. The number of sulfonamides is 1. The normalized spacial score (nSPS) is 11.1. The molecule has 31 heavy (non-hydrogen) atoms. The van der Waals surface area contributed by atoms with Crippen LogP contribution in [0.1, 0.15) is 4.88 Å². The average Bonchev–Trinajstić information content (AvgIpc) is 3.26. The molecule has 3 rings (SSSR count). The quantitative estimate of drug-likeness (QED) is 0.352. The molecule has 9 nitrogen and oxygen atoms in total. The molecule has 2 aromatic heterocycles. The van der Waals surface area contributed by atoms with Crippen molar-refractivity contribution in [3.63, 3.8) is 0 Å². The molecule has 0 atom stereocenters. The van der Waals surface area contributed by atoms with Crippen LogP contribution in [-0.2, 0) is 14.8 Å². The van der Waals surface area contributed by atoms with Gasteiger partial charge in [-0.1, -0.05) is 6.07 Å². The van der Waals surface area contributed by atoms with Crippen molar-refractivity contribution >= 4 is 62.2 Å². The van der Waals surface area contributed by atoms with Crippen LogP contribution < -0.4 is 20.1 Å². The molecule has 3 N–H and O–H groups in total. The number of amides is 1. The van der Waals surface area contributed by atoms with E-state index in [0.717, 1.165) is 4.88 Å². The van der Waals surface area contributed by atoms with E-state index in [-0.39, 0.29) is 27.6 Å². The van der Waals surface area contributed by atoms with Gasteiger partial charge in [0.2, 0.25) is 11.8 Å². The number of anilines is 2. The summed E-state index contributed by atoms with van der Waals surface area (Å²) in [5, 5.41) is 14.8. The summed E-state index contributed by atoms with van der Waals surface area (Å²) in [7, 11) is -2.42. The molecule has 0 unspecified atom stereocenters. The summed E-state index contributed by atoms with van der Waals surface area (Å²) < 4.78 is 32.2. The van der Waals surface area contributed by atoms with Gasteiger partial charge in [-0.25, -0.2) is 8.42 Å². The van der Waals surface area contributed by atoms with Gasteiger partial charge in [0.1, 0.15) is 0 Å². The van der Waals surface area contributed by atoms with Gasteiger partial charge in [-0.2, -0.15) is 0 Å². The van der Waals surface area contributed by atoms with E-state index >= 15 is 0 Å². The second-order valence-electron chi connectivity index (χ2n) is 5.88. The van der Waals surface area contributed by atoms with E-state index < -0.39 is 10.0 Å². The van der Waals surface area contributed by atoms with Crippen LogP contribution in [0.15, 0.2) is 64.9 Å². The van der Waals surface area contributed by atoms with Gasteiger partial charge in [-0.3, -0.25) is 14.8 Å². The molecule has 3 aromatic rings. The van der Waals surface area contributed by atoms with Crippen molar-refractivity contribution in [3.8, 4) is 5.88 Å². The molecule has 0 spiro atoms. The number of benzene rings is 1. The number of nitrogens with zero attached hydrogens (tertiary/aromatic N) is 2. The smallest absolute Gasteiger partial charge is 0.263 e. The van der Waals surface area contributed by atoms with E-state index in [4.69, 9.17) is 17.0 Å². The lowest BCUT2D eigenvalue weighted by atomic mass is 10.3. The summed E-state index contributed by atoms with van der Waals surface area (Å²) in [6, 6.07) is 12.5. The van der Waals surface area contributed by atoms with Crippen LogP contribution in [0.25, 0.3) is 6.08 Å². The highest BCUT2D eigenvalue weighted by Gasteiger charge is 2.15. The summed E-state index contributed by atoms with van der Waals surface area (Å²) in [6.07, 6.45) is 3.06. The van der Waals surface area contributed by atoms with Gasteiger partial charge in [0.05, 0.1) is 12.0 Å². The Balaban J connectivity index is 1.57. The van der Waals surface area contributed by atoms with Crippen molar-refractivity contribution < 1.29 is 17.9 Å². The van der Waals surface area contributed by atoms with Gasteiger partial charge >= 0.3 is 0 Å². The van der Waals surface area contributed by atoms with Gasteiger partial charge in [-0.15, -0.1) is 21.5 Å². The molecule has 0 radical (unpaired) electrons. The lowest BCUT2D eigenvalue weighted by molar-refractivity contribution is -0.115. The third kappa shape index (κ3) is 6.57. The predicted molar refractivity (Wildman–Crippen MR) is 124 cm³/mol. The van der Waals surface area contributed by atoms with Crippen LogP contribution in [0.5, 0.6) is 5.88 Å². The van der Waals surface area contributed by atoms with E-state index in [2.05, 4.69) is 25.6 Å². The number of ether oxygens (including phenoxy) is 1. The fourth-order valence-electron chi connectivity index (χ4n) is 2.26. The van der Waals surface area contributed by atoms with E-state index in [0.29, 0.717) is 5.69 Å². The SMILES string of the molecule is COc1ccc(NS(=O)(=O)c2ccc(NC(=S)NC(=O)/C=C\c3cccs3)cc2)nn1. The van der Waals surface area contributed by atoms with E-state index in [9.17, 15) is 13.2 Å². The molecule has 2 heterocycles. The van der Waals surface area contributed by atoms with Gasteiger partial charge in [-0.05, 0) is 60.1 Å². The number of carbonyl (C=O) groups excluding carboxylic acids is 1. The second-order valence-corrected chi connectivity index (χ2v) is 8.95. The maximum atomic E-state index is 12.5. The zero-order valence-electron chi connectivity index (χ0n) is 16.1. The molecule has 0 aliphatic rings. The minimum atomic E-state index is -3.86. The first-order valence-electron chi connectivity index (χ1n) is 8.70. The van der Waals surface area contributed by atoms with Crippen molar-refractivity contribution in [1.82, 2.24) is 15.5 Å². The van der Waals surface area contributed by atoms with Gasteiger partial charge in [0.25, 0.3) is 10.0 Å². The maximum Gasteiger partial charge on any atom is 0.263 e. The van der Waals surface area contributed by atoms with Crippen molar-refractivity contribution in [1.29, 1.82) is 0 Å². The number of rotatable bonds is 7. The fourth-order valence-corrected chi connectivity index (χ4v) is 4.09. The Morgan fingerprint density at radius 1 is 1.13 bits per heavy atom. The Kier molecular flexibility index (Phi) is 7.28. The minimum Gasteiger partial charge on any atom is -0.480 e. The van der Waals surface area contributed by atoms with Gasteiger partial charge in [0.15, 0.2) is 10.9 Å². The lowest BCUT2D eigenvalue weighted by Crippen LogP contribution is -2.32. The molecule has 12 heteroatoms. The van der Waals surface area contributed by atoms with Gasteiger partial charge in [0, 0.05) is 22.7 Å². The first kappa shape index (κ1) is 22.3. The minimum absolute atomic E-state index is 0.0181. The zero-order valence-corrected chi connectivity index (χ0v) is 18.6. The number of thiophene rings is 1. The Labute approximate surface area is 188 Å². The van der Waals surface area contributed by atoms with Crippen LogP contribution in [0, 0.1) is 0 Å². The molecule has 0 aliphatic heterocycles. The number of aromatic nitrogens is 2. The van der Waals surface area contributed by atoms with E-state index in [1.54, 1.807) is 6.08 Å². The Morgan fingerprint density at radius 3 is 2.52 bits per heavy atom. The Hall–Kier alpha value is -3.35. The molecular formula is C19H17N5O4S3. The highest BCUT2D eigenvalue weighted by Crippen LogP contribution is 2.18. The number of methoxy groups -OCH3 is 1. The number of carbonyl (C=O) groups is 1. The molecule has 0 saturated heterocycles. The Bertz CT molecular complexity index is 1180. The summed E-state index contributed by atoms with van der Waals surface area (Å²) in [6.45, 7) is 0. The molecule has 0 saturated carbocycles. The van der Waals surface area contributed by atoms with Crippen LogP contribution in [0.2, 0.25) is 0 Å². The van der Waals surface area contributed by atoms with Crippen LogP contribution >= 0.6 is 23.6 Å². The molecule has 0 fully saturated rings. The monoisotopic (exact) mass is 475 g/mol. The first-order chi connectivity index (χ1) is 14.9. The first-order valence-corrected chi connectivity index (χ1v) is 11.5. The van der Waals surface area contributed by atoms with Crippen LogP contribution in [0.3, 0.4) is 0 Å². The summed E-state index contributed by atoms with van der Waals surface area (Å²) >= 11 is 6.62. The largest absolute Gasteiger partial charge is 0.480 e. The molecule has 0 aliphatic carbocycles. The number of nitrogens with one attached hydrogen (secondary N) is 3. The third-order valence-corrected chi connectivity index (χ3v) is 6.10. The second kappa shape index (κ2) is 10.1. The zero-order chi connectivity index (χ0) is 22.3. The van der Waals surface area contributed by atoms with Gasteiger partial charge < -0.3 is 10.1 Å². The standard InChI is InChI=1S/C19H17N5O4S3/c1-28-18-11-9-16(22-23-18)24-31(26,27)15-7-4-13(5-8-15)20-19(29)21-17(25)10-6-14-3-2-12-30-14/h2-12H,1H3,(H,22,24)(H2,20,21,25,29)/b10-6-. The highest BCUT2D eigenvalue weighted by molar-refractivity contribution is 7.92. The highest BCUT2D eigenvalue weighted by atomic mass is 32.2. The molecule has 1 aromatic carbocycles. The van der Waals surface area contributed by atoms with Crippen LogP contribution in [0.4, 0.5) is 11.5 Å². The molecule has 160 valence electrons. The van der Waals surface area contributed by atoms with Crippen molar-refractivity contribution in [2.45, 2.75) is 4.90 Å². The van der Waals surface area contributed by atoms with Crippen LogP contribution in [-0.4, -0.2) is 36.7 Å². The average molecular weight is 476 g/mol. The summed E-state index contributed by atoms with van der Waals surface area (Å²) in [5.74, 6) is -0.0548. The maximum absolute atomic E-state index is 12.5. The summed E-state index contributed by atoms with van der Waals surface area (Å²) in [4.78, 5) is 12.9.